The number of aromatic nitrogens is 1. The molecule has 7 heteroatoms. The van der Waals surface area contributed by atoms with Gasteiger partial charge >= 0.3 is 0 Å². The molecule has 1 aliphatic heterocycles. The minimum atomic E-state index is 0. The second-order valence-electron chi connectivity index (χ2n) is 7.76. The Bertz CT molecular complexity index is 796. The van der Waals surface area contributed by atoms with Crippen molar-refractivity contribution in [1.82, 2.24) is 15.6 Å². The summed E-state index contributed by atoms with van der Waals surface area (Å²) in [7, 11) is 1.80. The summed E-state index contributed by atoms with van der Waals surface area (Å²) in [5.41, 5.74) is 3.61. The standard InChI is InChI=1S/C24H34N4O2.HI/c1-4-13-29-22-12-9-19(15-26-22)16-27-24(25-3)28-17-21-6-5-14-30-23(21)20-10-7-18(2)8-11-20;/h7-12,15,21,23H,4-6,13-14,16-17H2,1-3H3,(H2,25,27,28);1H. The number of pyridine rings is 1. The molecule has 1 aromatic heterocycles. The van der Waals surface area contributed by atoms with E-state index in [0.29, 0.717) is 24.9 Å². The van der Waals surface area contributed by atoms with Gasteiger partial charge in [-0.3, -0.25) is 4.99 Å². The number of hydrogen-bond donors (Lipinski definition) is 2. The molecular formula is C24H35IN4O2. The molecule has 0 aliphatic carbocycles. The van der Waals surface area contributed by atoms with Crippen molar-refractivity contribution in [3.63, 3.8) is 0 Å². The molecule has 0 spiro atoms. The number of nitrogens with zero attached hydrogens (tertiary/aromatic N) is 2. The van der Waals surface area contributed by atoms with Gasteiger partial charge in [0.2, 0.25) is 5.88 Å². The van der Waals surface area contributed by atoms with Gasteiger partial charge in [0.05, 0.1) is 12.7 Å². The molecule has 170 valence electrons. The van der Waals surface area contributed by atoms with E-state index in [1.54, 1.807) is 7.05 Å². The van der Waals surface area contributed by atoms with Crippen molar-refractivity contribution in [2.75, 3.05) is 26.8 Å². The zero-order valence-corrected chi connectivity index (χ0v) is 21.1. The first kappa shape index (κ1) is 25.4. The maximum atomic E-state index is 6.13. The van der Waals surface area contributed by atoms with E-state index in [9.17, 15) is 0 Å². The van der Waals surface area contributed by atoms with Crippen LogP contribution in [0.2, 0.25) is 0 Å². The molecule has 1 aromatic carbocycles. The van der Waals surface area contributed by atoms with Gasteiger partial charge < -0.3 is 20.1 Å². The highest BCUT2D eigenvalue weighted by Crippen LogP contribution is 2.33. The molecule has 0 amide bonds. The number of rotatable bonds is 8. The average molecular weight is 538 g/mol. The van der Waals surface area contributed by atoms with Crippen LogP contribution in [0.3, 0.4) is 0 Å². The average Bonchev–Trinajstić information content (AvgIpc) is 2.79. The molecule has 3 rings (SSSR count). The van der Waals surface area contributed by atoms with E-state index >= 15 is 0 Å². The Morgan fingerprint density at radius 2 is 2.00 bits per heavy atom. The van der Waals surface area contributed by atoms with Gasteiger partial charge in [-0.1, -0.05) is 42.8 Å². The lowest BCUT2D eigenvalue weighted by atomic mass is 9.89. The Hall–Kier alpha value is -1.87. The van der Waals surface area contributed by atoms with E-state index in [1.807, 2.05) is 18.3 Å². The third-order valence-electron chi connectivity index (χ3n) is 5.32. The van der Waals surface area contributed by atoms with Gasteiger partial charge in [0.15, 0.2) is 5.96 Å². The zero-order valence-electron chi connectivity index (χ0n) is 18.8. The summed E-state index contributed by atoms with van der Waals surface area (Å²) in [5.74, 6) is 1.87. The van der Waals surface area contributed by atoms with Gasteiger partial charge in [-0.25, -0.2) is 4.98 Å². The van der Waals surface area contributed by atoms with E-state index in [-0.39, 0.29) is 30.1 Å². The summed E-state index contributed by atoms with van der Waals surface area (Å²) in [4.78, 5) is 8.71. The Kier molecular flexibility index (Phi) is 11.1. The number of ether oxygens (including phenoxy) is 2. The number of benzene rings is 1. The van der Waals surface area contributed by atoms with E-state index in [2.05, 4.69) is 58.7 Å². The fourth-order valence-electron chi connectivity index (χ4n) is 3.62. The summed E-state index contributed by atoms with van der Waals surface area (Å²) in [6.45, 7) is 7.19. The highest BCUT2D eigenvalue weighted by atomic mass is 127. The predicted octanol–water partition coefficient (Wildman–Crippen LogP) is 4.63. The van der Waals surface area contributed by atoms with Crippen molar-refractivity contribution in [2.24, 2.45) is 10.9 Å². The van der Waals surface area contributed by atoms with Crippen LogP contribution in [0.4, 0.5) is 0 Å². The van der Waals surface area contributed by atoms with Crippen molar-refractivity contribution in [3.8, 4) is 5.88 Å². The van der Waals surface area contributed by atoms with Crippen molar-refractivity contribution < 1.29 is 9.47 Å². The first-order valence-electron chi connectivity index (χ1n) is 10.9. The largest absolute Gasteiger partial charge is 0.478 e. The van der Waals surface area contributed by atoms with Crippen LogP contribution in [-0.4, -0.2) is 37.7 Å². The van der Waals surface area contributed by atoms with Gasteiger partial charge in [0, 0.05) is 44.9 Å². The number of halogens is 1. The van der Waals surface area contributed by atoms with Crippen LogP contribution in [0.15, 0.2) is 47.6 Å². The first-order valence-corrected chi connectivity index (χ1v) is 10.9. The van der Waals surface area contributed by atoms with Crippen LogP contribution in [-0.2, 0) is 11.3 Å². The number of guanidine groups is 1. The molecule has 0 radical (unpaired) electrons. The van der Waals surface area contributed by atoms with Crippen LogP contribution in [0.1, 0.15) is 49.0 Å². The molecule has 0 bridgehead atoms. The van der Waals surface area contributed by atoms with Gasteiger partial charge in [-0.05, 0) is 37.3 Å². The predicted molar refractivity (Wildman–Crippen MR) is 136 cm³/mol. The molecule has 6 nitrogen and oxygen atoms in total. The molecule has 2 aromatic rings. The lowest BCUT2D eigenvalue weighted by Crippen LogP contribution is -2.41. The van der Waals surface area contributed by atoms with Gasteiger partial charge in [0.25, 0.3) is 0 Å². The number of hydrogen-bond acceptors (Lipinski definition) is 4. The van der Waals surface area contributed by atoms with E-state index in [1.165, 1.54) is 11.1 Å². The quantitative estimate of drug-likeness (QED) is 0.292. The molecule has 31 heavy (non-hydrogen) atoms. The first-order chi connectivity index (χ1) is 14.7. The van der Waals surface area contributed by atoms with Crippen LogP contribution >= 0.6 is 24.0 Å². The molecular weight excluding hydrogens is 503 g/mol. The maximum absolute atomic E-state index is 6.13. The van der Waals surface area contributed by atoms with Gasteiger partial charge in [0.1, 0.15) is 0 Å². The van der Waals surface area contributed by atoms with E-state index in [4.69, 9.17) is 9.47 Å². The molecule has 1 aliphatic rings. The lowest BCUT2D eigenvalue weighted by molar-refractivity contribution is -0.0265. The van der Waals surface area contributed by atoms with Crippen molar-refractivity contribution >= 4 is 29.9 Å². The molecule has 1 saturated heterocycles. The third kappa shape index (κ3) is 7.96. The van der Waals surface area contributed by atoms with Crippen LogP contribution in [0.25, 0.3) is 0 Å². The minimum absolute atomic E-state index is 0. The normalized spacial score (nSPS) is 18.7. The third-order valence-corrected chi connectivity index (χ3v) is 5.32. The summed E-state index contributed by atoms with van der Waals surface area (Å²) < 4.78 is 11.7. The molecule has 2 heterocycles. The van der Waals surface area contributed by atoms with Crippen LogP contribution < -0.4 is 15.4 Å². The Labute approximate surface area is 203 Å². The number of nitrogens with one attached hydrogen (secondary N) is 2. The SMILES string of the molecule is CCCOc1ccc(CNC(=NC)NCC2CCCOC2c2ccc(C)cc2)cn1.I. The second kappa shape index (κ2) is 13.5. The second-order valence-corrected chi connectivity index (χ2v) is 7.76. The zero-order chi connectivity index (χ0) is 21.2. The Morgan fingerprint density at radius 3 is 2.68 bits per heavy atom. The summed E-state index contributed by atoms with van der Waals surface area (Å²) in [5, 5.41) is 6.84. The topological polar surface area (TPSA) is 67.8 Å². The molecule has 2 atom stereocenters. The minimum Gasteiger partial charge on any atom is -0.478 e. The van der Waals surface area contributed by atoms with E-state index in [0.717, 1.165) is 43.9 Å². The maximum Gasteiger partial charge on any atom is 0.213 e. The van der Waals surface area contributed by atoms with Crippen molar-refractivity contribution in [2.45, 2.75) is 45.8 Å². The summed E-state index contributed by atoms with van der Waals surface area (Å²) in [6.07, 6.45) is 5.19. The summed E-state index contributed by atoms with van der Waals surface area (Å²) in [6, 6.07) is 12.6. The number of aliphatic imine (C=N–C) groups is 1. The smallest absolute Gasteiger partial charge is 0.213 e. The fraction of sp³-hybridized carbons (Fsp3) is 0.500. The lowest BCUT2D eigenvalue weighted by Gasteiger charge is -2.32. The molecule has 1 fully saturated rings. The summed E-state index contributed by atoms with van der Waals surface area (Å²) >= 11 is 0. The fourth-order valence-corrected chi connectivity index (χ4v) is 3.62. The van der Waals surface area contributed by atoms with Gasteiger partial charge in [-0.15, -0.1) is 24.0 Å². The van der Waals surface area contributed by atoms with Gasteiger partial charge in [-0.2, -0.15) is 0 Å². The van der Waals surface area contributed by atoms with E-state index < -0.39 is 0 Å². The Morgan fingerprint density at radius 1 is 1.19 bits per heavy atom. The van der Waals surface area contributed by atoms with Crippen LogP contribution in [0.5, 0.6) is 5.88 Å². The monoisotopic (exact) mass is 538 g/mol. The van der Waals surface area contributed by atoms with Crippen LogP contribution in [0, 0.1) is 12.8 Å². The van der Waals surface area contributed by atoms with Crippen molar-refractivity contribution in [1.29, 1.82) is 0 Å². The molecule has 2 N–H and O–H groups in total. The van der Waals surface area contributed by atoms with Crippen molar-refractivity contribution in [3.05, 3.63) is 59.3 Å². The highest BCUT2D eigenvalue weighted by Gasteiger charge is 2.27. The Balaban J connectivity index is 0.00000341. The highest BCUT2D eigenvalue weighted by molar-refractivity contribution is 14.0. The number of aryl methyl sites for hydroxylation is 1. The molecule has 2 unspecified atom stereocenters. The molecule has 0 saturated carbocycles.